The Balaban J connectivity index is 2.35. The molecule has 1 aliphatic carbocycles. The maximum absolute atomic E-state index is 13.7. The number of nitrogens with two attached hydrogens (primary N) is 1. The van der Waals surface area contributed by atoms with Gasteiger partial charge in [-0.3, -0.25) is 0 Å². The van der Waals surface area contributed by atoms with Crippen molar-refractivity contribution in [1.29, 1.82) is 0 Å². The smallest absolute Gasteiger partial charge is 0.128 e. The van der Waals surface area contributed by atoms with E-state index in [1.807, 2.05) is 0 Å². The average molecular weight is 228 g/mol. The normalized spacial score (nSPS) is 26.6. The Morgan fingerprint density at radius 1 is 1.27 bits per heavy atom. The summed E-state index contributed by atoms with van der Waals surface area (Å²) in [5.74, 6) is -0.127. The van der Waals surface area contributed by atoms with Crippen molar-refractivity contribution in [3.63, 3.8) is 0 Å². The monoisotopic (exact) mass is 227 g/mol. The molecule has 1 aromatic rings. The highest BCUT2D eigenvalue weighted by Crippen LogP contribution is 2.36. The van der Waals surface area contributed by atoms with Crippen molar-refractivity contribution >= 4 is 11.6 Å². The maximum Gasteiger partial charge on any atom is 0.128 e. The molecule has 0 amide bonds. The van der Waals surface area contributed by atoms with Gasteiger partial charge in [0.1, 0.15) is 5.82 Å². The zero-order valence-electron chi connectivity index (χ0n) is 8.55. The number of rotatable bonds is 1. The van der Waals surface area contributed by atoms with E-state index in [4.69, 9.17) is 17.3 Å². The van der Waals surface area contributed by atoms with Gasteiger partial charge >= 0.3 is 0 Å². The SMILES string of the molecule is NC1CCCCC1c1c(F)cccc1Cl. The van der Waals surface area contributed by atoms with Gasteiger partial charge in [-0.25, -0.2) is 4.39 Å². The van der Waals surface area contributed by atoms with Crippen LogP contribution in [0, 0.1) is 5.82 Å². The Labute approximate surface area is 94.4 Å². The summed E-state index contributed by atoms with van der Waals surface area (Å²) in [6.07, 6.45) is 4.17. The van der Waals surface area contributed by atoms with E-state index in [0.29, 0.717) is 10.6 Å². The van der Waals surface area contributed by atoms with Crippen molar-refractivity contribution in [3.8, 4) is 0 Å². The molecule has 1 saturated carbocycles. The predicted octanol–water partition coefficient (Wildman–Crippen LogP) is 3.46. The van der Waals surface area contributed by atoms with Crippen LogP contribution in [0.4, 0.5) is 4.39 Å². The largest absolute Gasteiger partial charge is 0.327 e. The molecule has 1 fully saturated rings. The second kappa shape index (κ2) is 4.50. The molecule has 0 aliphatic heterocycles. The lowest BCUT2D eigenvalue weighted by molar-refractivity contribution is 0.376. The molecular formula is C12H15ClFN. The van der Waals surface area contributed by atoms with E-state index in [9.17, 15) is 4.39 Å². The second-order valence-corrected chi connectivity index (χ2v) is 4.60. The van der Waals surface area contributed by atoms with Crippen LogP contribution in [0.5, 0.6) is 0 Å². The lowest BCUT2D eigenvalue weighted by Gasteiger charge is -2.29. The van der Waals surface area contributed by atoms with Gasteiger partial charge in [0.2, 0.25) is 0 Å². The highest BCUT2D eigenvalue weighted by atomic mass is 35.5. The van der Waals surface area contributed by atoms with Crippen LogP contribution in [-0.2, 0) is 0 Å². The first kappa shape index (κ1) is 10.9. The van der Waals surface area contributed by atoms with Gasteiger partial charge in [-0.15, -0.1) is 0 Å². The van der Waals surface area contributed by atoms with Gasteiger partial charge in [-0.05, 0) is 25.0 Å². The van der Waals surface area contributed by atoms with Crippen LogP contribution in [-0.4, -0.2) is 6.04 Å². The number of hydrogen-bond acceptors (Lipinski definition) is 1. The van der Waals surface area contributed by atoms with Crippen molar-refractivity contribution in [2.45, 2.75) is 37.6 Å². The molecule has 0 heterocycles. The topological polar surface area (TPSA) is 26.0 Å². The molecule has 0 bridgehead atoms. The molecule has 0 spiro atoms. The second-order valence-electron chi connectivity index (χ2n) is 4.19. The van der Waals surface area contributed by atoms with E-state index in [1.165, 1.54) is 6.07 Å². The summed E-state index contributed by atoms with van der Waals surface area (Å²) >= 11 is 6.03. The molecule has 2 N–H and O–H groups in total. The van der Waals surface area contributed by atoms with Crippen molar-refractivity contribution in [3.05, 3.63) is 34.6 Å². The quantitative estimate of drug-likeness (QED) is 0.781. The Hall–Kier alpha value is -0.600. The molecule has 2 unspecified atom stereocenters. The van der Waals surface area contributed by atoms with Gasteiger partial charge in [0, 0.05) is 22.5 Å². The van der Waals surface area contributed by atoms with Gasteiger partial charge in [0.15, 0.2) is 0 Å². The van der Waals surface area contributed by atoms with Crippen molar-refractivity contribution in [2.24, 2.45) is 5.73 Å². The maximum atomic E-state index is 13.7. The molecule has 15 heavy (non-hydrogen) atoms. The van der Waals surface area contributed by atoms with Crippen LogP contribution in [0.3, 0.4) is 0 Å². The van der Waals surface area contributed by atoms with Crippen LogP contribution in [0.25, 0.3) is 0 Å². The van der Waals surface area contributed by atoms with Crippen LogP contribution >= 0.6 is 11.6 Å². The lowest BCUT2D eigenvalue weighted by Crippen LogP contribution is -2.32. The third-order valence-corrected chi connectivity index (χ3v) is 3.52. The zero-order valence-corrected chi connectivity index (χ0v) is 9.30. The van der Waals surface area contributed by atoms with Crippen molar-refractivity contribution < 1.29 is 4.39 Å². The molecule has 0 saturated heterocycles. The van der Waals surface area contributed by atoms with E-state index in [2.05, 4.69) is 0 Å². The molecule has 0 radical (unpaired) electrons. The molecule has 2 atom stereocenters. The summed E-state index contributed by atoms with van der Waals surface area (Å²) in [7, 11) is 0. The minimum atomic E-state index is -0.218. The Bertz CT molecular complexity index is 333. The van der Waals surface area contributed by atoms with Crippen molar-refractivity contribution in [1.82, 2.24) is 0 Å². The van der Waals surface area contributed by atoms with Crippen LogP contribution in [0.1, 0.15) is 37.2 Å². The highest BCUT2D eigenvalue weighted by Gasteiger charge is 2.27. The van der Waals surface area contributed by atoms with Gasteiger partial charge in [-0.2, -0.15) is 0 Å². The lowest BCUT2D eigenvalue weighted by atomic mass is 9.80. The summed E-state index contributed by atoms with van der Waals surface area (Å²) in [6.45, 7) is 0. The van der Waals surface area contributed by atoms with Gasteiger partial charge in [0.05, 0.1) is 0 Å². The van der Waals surface area contributed by atoms with Crippen LogP contribution in [0.2, 0.25) is 5.02 Å². The van der Waals surface area contributed by atoms with Gasteiger partial charge in [-0.1, -0.05) is 30.5 Å². The van der Waals surface area contributed by atoms with E-state index in [0.717, 1.165) is 25.7 Å². The minimum absolute atomic E-state index is 0.0492. The molecular weight excluding hydrogens is 213 g/mol. The molecule has 2 rings (SSSR count). The average Bonchev–Trinajstić information content (AvgIpc) is 2.20. The zero-order chi connectivity index (χ0) is 10.8. The fourth-order valence-corrected chi connectivity index (χ4v) is 2.69. The Morgan fingerprint density at radius 3 is 2.67 bits per heavy atom. The molecule has 82 valence electrons. The predicted molar refractivity (Wildman–Crippen MR) is 60.6 cm³/mol. The summed E-state index contributed by atoms with van der Waals surface area (Å²) in [5.41, 5.74) is 6.64. The summed E-state index contributed by atoms with van der Waals surface area (Å²) in [5, 5.41) is 0.511. The third kappa shape index (κ3) is 2.16. The van der Waals surface area contributed by atoms with E-state index in [-0.39, 0.29) is 17.8 Å². The standard InChI is InChI=1S/C12H15ClFN/c13-9-5-3-6-10(14)12(9)8-4-1-2-7-11(8)15/h3,5-6,8,11H,1-2,4,7,15H2. The molecule has 1 nitrogen and oxygen atoms in total. The highest BCUT2D eigenvalue weighted by molar-refractivity contribution is 6.31. The van der Waals surface area contributed by atoms with E-state index >= 15 is 0 Å². The molecule has 1 aliphatic rings. The molecule has 0 aromatic heterocycles. The fraction of sp³-hybridized carbons (Fsp3) is 0.500. The Morgan fingerprint density at radius 2 is 2.00 bits per heavy atom. The first-order valence-electron chi connectivity index (χ1n) is 5.39. The summed E-state index contributed by atoms with van der Waals surface area (Å²) in [4.78, 5) is 0. The van der Waals surface area contributed by atoms with Crippen molar-refractivity contribution in [2.75, 3.05) is 0 Å². The summed E-state index contributed by atoms with van der Waals surface area (Å²) in [6, 6.07) is 4.88. The van der Waals surface area contributed by atoms with E-state index in [1.54, 1.807) is 12.1 Å². The third-order valence-electron chi connectivity index (χ3n) is 3.19. The summed E-state index contributed by atoms with van der Waals surface area (Å²) < 4.78 is 13.7. The van der Waals surface area contributed by atoms with Gasteiger partial charge in [0.25, 0.3) is 0 Å². The van der Waals surface area contributed by atoms with Crippen LogP contribution < -0.4 is 5.73 Å². The number of halogens is 2. The minimum Gasteiger partial charge on any atom is -0.327 e. The van der Waals surface area contributed by atoms with E-state index < -0.39 is 0 Å². The van der Waals surface area contributed by atoms with Crippen LogP contribution in [0.15, 0.2) is 18.2 Å². The molecule has 1 aromatic carbocycles. The van der Waals surface area contributed by atoms with Gasteiger partial charge < -0.3 is 5.73 Å². The fourth-order valence-electron chi connectivity index (χ4n) is 2.38. The number of hydrogen-bond donors (Lipinski definition) is 1. The number of benzene rings is 1. The first-order valence-corrected chi connectivity index (χ1v) is 5.77. The first-order chi connectivity index (χ1) is 7.20. The Kier molecular flexibility index (Phi) is 3.27. The molecule has 3 heteroatoms.